The Morgan fingerprint density at radius 2 is 1.81 bits per heavy atom. The number of nitrogens with zero attached hydrogens (tertiary/aromatic N) is 2. The number of amidine groups is 1. The molecule has 3 rings (SSSR count). The van der Waals surface area contributed by atoms with Crippen LogP contribution in [0.2, 0.25) is 5.02 Å². The van der Waals surface area contributed by atoms with E-state index in [-0.39, 0.29) is 23.8 Å². The van der Waals surface area contributed by atoms with Crippen LogP contribution in [0.1, 0.15) is 11.1 Å². The largest absolute Gasteiger partial charge is 0.439 e. The Hall–Kier alpha value is -3.03. The zero-order chi connectivity index (χ0) is 19.2. The van der Waals surface area contributed by atoms with Gasteiger partial charge in [0.1, 0.15) is 17.4 Å². The quantitative estimate of drug-likeness (QED) is 0.376. The summed E-state index contributed by atoms with van der Waals surface area (Å²) < 4.78 is 33.0. The van der Waals surface area contributed by atoms with Crippen molar-refractivity contribution in [2.45, 2.75) is 6.54 Å². The van der Waals surface area contributed by atoms with Crippen LogP contribution in [0.25, 0.3) is 0 Å². The Bertz CT molecular complexity index is 945. The summed E-state index contributed by atoms with van der Waals surface area (Å²) in [6.45, 7) is -0.295. The van der Waals surface area contributed by atoms with Gasteiger partial charge in [-0.3, -0.25) is 15.7 Å². The van der Waals surface area contributed by atoms with Crippen molar-refractivity contribution in [3.05, 3.63) is 88.6 Å². The molecule has 5 nitrogen and oxygen atoms in total. The van der Waals surface area contributed by atoms with Gasteiger partial charge >= 0.3 is 0 Å². The molecular formula is C19H14ClF2N3O2. The minimum absolute atomic E-state index is 0.0148. The first kappa shape index (κ1) is 18.8. The molecule has 8 heteroatoms. The average Bonchev–Trinajstić information content (AvgIpc) is 2.66. The Kier molecular flexibility index (Phi) is 5.95. The maximum atomic E-state index is 13.7. The van der Waals surface area contributed by atoms with Gasteiger partial charge in [0.25, 0.3) is 0 Å². The number of ether oxygens (including phenoxy) is 1. The fraction of sp³-hybridized carbons (Fsp3) is 0.0526. The highest BCUT2D eigenvalue weighted by Crippen LogP contribution is 2.22. The highest BCUT2D eigenvalue weighted by molar-refractivity contribution is 6.30. The van der Waals surface area contributed by atoms with Crippen LogP contribution in [-0.2, 0) is 6.54 Å². The number of nitrogens with one attached hydrogen (secondary N) is 1. The summed E-state index contributed by atoms with van der Waals surface area (Å²) in [5, 5.41) is 9.94. The Morgan fingerprint density at radius 3 is 2.48 bits per heavy atom. The van der Waals surface area contributed by atoms with E-state index < -0.39 is 11.6 Å². The Balaban J connectivity index is 1.82. The van der Waals surface area contributed by atoms with Crippen LogP contribution in [0.5, 0.6) is 11.6 Å². The summed E-state index contributed by atoms with van der Waals surface area (Å²) in [6, 6.07) is 13.3. The maximum Gasteiger partial charge on any atom is 0.219 e. The van der Waals surface area contributed by atoms with Gasteiger partial charge in [0.15, 0.2) is 5.84 Å². The SMILES string of the molecule is ONC(=NCc1c(F)cccc1F)c1ccnc(Oc2ccc(Cl)cc2)c1. The molecule has 0 aliphatic rings. The van der Waals surface area contributed by atoms with E-state index in [0.717, 1.165) is 12.1 Å². The molecule has 1 heterocycles. The van der Waals surface area contributed by atoms with Gasteiger partial charge in [-0.25, -0.2) is 13.8 Å². The molecule has 0 fully saturated rings. The summed E-state index contributed by atoms with van der Waals surface area (Å²) in [7, 11) is 0. The third kappa shape index (κ3) is 4.78. The minimum Gasteiger partial charge on any atom is -0.439 e. The number of hydroxylamine groups is 1. The molecule has 27 heavy (non-hydrogen) atoms. The molecule has 0 spiro atoms. The first-order valence-electron chi connectivity index (χ1n) is 7.84. The molecule has 0 atom stereocenters. The van der Waals surface area contributed by atoms with Crippen molar-refractivity contribution in [1.82, 2.24) is 10.5 Å². The number of benzene rings is 2. The summed E-state index contributed by atoms with van der Waals surface area (Å²) in [5.74, 6) is -0.640. The molecule has 0 aliphatic heterocycles. The van der Waals surface area contributed by atoms with E-state index in [2.05, 4.69) is 9.98 Å². The molecule has 0 saturated carbocycles. The second-order valence-electron chi connectivity index (χ2n) is 5.42. The predicted molar refractivity (Wildman–Crippen MR) is 97.3 cm³/mol. The molecule has 2 aromatic carbocycles. The van der Waals surface area contributed by atoms with Gasteiger partial charge in [0.05, 0.1) is 6.54 Å². The number of aliphatic imine (C=N–C) groups is 1. The number of pyridine rings is 1. The molecule has 0 bridgehead atoms. The van der Waals surface area contributed by atoms with Gasteiger partial charge in [0.2, 0.25) is 5.88 Å². The van der Waals surface area contributed by atoms with Crippen LogP contribution in [0, 0.1) is 11.6 Å². The van der Waals surface area contributed by atoms with E-state index >= 15 is 0 Å². The molecule has 2 N–H and O–H groups in total. The maximum absolute atomic E-state index is 13.7. The van der Waals surface area contributed by atoms with Crippen molar-refractivity contribution >= 4 is 17.4 Å². The predicted octanol–water partition coefficient (Wildman–Crippen LogP) is 4.73. The highest BCUT2D eigenvalue weighted by atomic mass is 35.5. The number of halogens is 3. The first-order valence-corrected chi connectivity index (χ1v) is 8.22. The smallest absolute Gasteiger partial charge is 0.219 e. The summed E-state index contributed by atoms with van der Waals surface area (Å²) in [4.78, 5) is 8.12. The number of hydrogen-bond donors (Lipinski definition) is 2. The van der Waals surface area contributed by atoms with E-state index in [1.54, 1.807) is 30.3 Å². The average molecular weight is 390 g/mol. The fourth-order valence-electron chi connectivity index (χ4n) is 2.27. The molecule has 0 aliphatic carbocycles. The van der Waals surface area contributed by atoms with Crippen molar-refractivity contribution in [1.29, 1.82) is 0 Å². The molecule has 0 unspecified atom stereocenters. The van der Waals surface area contributed by atoms with Crippen LogP contribution in [0.4, 0.5) is 8.78 Å². The van der Waals surface area contributed by atoms with Crippen LogP contribution in [-0.4, -0.2) is 16.0 Å². The lowest BCUT2D eigenvalue weighted by Gasteiger charge is -2.09. The van der Waals surface area contributed by atoms with Crippen LogP contribution in [0.15, 0.2) is 65.8 Å². The lowest BCUT2D eigenvalue weighted by Crippen LogP contribution is -2.21. The lowest BCUT2D eigenvalue weighted by molar-refractivity contribution is 0.234. The zero-order valence-corrected chi connectivity index (χ0v) is 14.6. The third-order valence-corrected chi connectivity index (χ3v) is 3.86. The molecule has 0 amide bonds. The van der Waals surface area contributed by atoms with E-state index in [0.29, 0.717) is 16.3 Å². The second kappa shape index (κ2) is 8.57. The van der Waals surface area contributed by atoms with E-state index in [4.69, 9.17) is 16.3 Å². The van der Waals surface area contributed by atoms with Crippen molar-refractivity contribution in [2.75, 3.05) is 0 Å². The molecule has 3 aromatic rings. The monoisotopic (exact) mass is 389 g/mol. The van der Waals surface area contributed by atoms with Gasteiger partial charge in [0, 0.05) is 28.4 Å². The van der Waals surface area contributed by atoms with Crippen molar-refractivity contribution < 1.29 is 18.7 Å². The van der Waals surface area contributed by atoms with Gasteiger partial charge in [-0.05, 0) is 42.5 Å². The molecule has 0 radical (unpaired) electrons. The van der Waals surface area contributed by atoms with Gasteiger partial charge in [-0.2, -0.15) is 0 Å². The standard InChI is InChI=1S/C19H14ClF2N3O2/c20-13-4-6-14(7-5-13)27-18-10-12(8-9-23-18)19(25-26)24-11-15-16(21)2-1-3-17(15)22/h1-10,26H,11H2,(H,24,25). The highest BCUT2D eigenvalue weighted by Gasteiger charge is 2.10. The van der Waals surface area contributed by atoms with Crippen LogP contribution >= 0.6 is 11.6 Å². The number of aromatic nitrogens is 1. The summed E-state index contributed by atoms with van der Waals surface area (Å²) >= 11 is 5.83. The Morgan fingerprint density at radius 1 is 1.11 bits per heavy atom. The minimum atomic E-state index is -0.711. The van der Waals surface area contributed by atoms with Crippen molar-refractivity contribution in [3.63, 3.8) is 0 Å². The van der Waals surface area contributed by atoms with Crippen molar-refractivity contribution in [2.24, 2.45) is 4.99 Å². The molecule has 1 aromatic heterocycles. The lowest BCUT2D eigenvalue weighted by atomic mass is 10.2. The Labute approximate surface area is 158 Å². The molecule has 138 valence electrons. The van der Waals surface area contributed by atoms with E-state index in [1.165, 1.54) is 18.3 Å². The third-order valence-electron chi connectivity index (χ3n) is 3.61. The topological polar surface area (TPSA) is 66.7 Å². The first-order chi connectivity index (χ1) is 13.1. The van der Waals surface area contributed by atoms with Gasteiger partial charge < -0.3 is 4.74 Å². The van der Waals surface area contributed by atoms with Crippen LogP contribution < -0.4 is 10.2 Å². The molecule has 0 saturated heterocycles. The van der Waals surface area contributed by atoms with E-state index in [9.17, 15) is 14.0 Å². The summed E-state index contributed by atoms with van der Waals surface area (Å²) in [6.07, 6.45) is 1.46. The normalized spacial score (nSPS) is 11.3. The van der Waals surface area contributed by atoms with Crippen LogP contribution in [0.3, 0.4) is 0 Å². The van der Waals surface area contributed by atoms with E-state index in [1.807, 2.05) is 5.48 Å². The number of hydrogen-bond acceptors (Lipinski definition) is 4. The van der Waals surface area contributed by atoms with Gasteiger partial charge in [-0.1, -0.05) is 17.7 Å². The van der Waals surface area contributed by atoms with Crippen molar-refractivity contribution in [3.8, 4) is 11.6 Å². The van der Waals surface area contributed by atoms with Gasteiger partial charge in [-0.15, -0.1) is 0 Å². The summed E-state index contributed by atoms with van der Waals surface area (Å²) in [5.41, 5.74) is 2.16. The molecular weight excluding hydrogens is 376 g/mol. The zero-order valence-electron chi connectivity index (χ0n) is 13.9. The number of rotatable bonds is 5. The fourth-order valence-corrected chi connectivity index (χ4v) is 2.39. The second-order valence-corrected chi connectivity index (χ2v) is 5.85.